The van der Waals surface area contributed by atoms with Gasteiger partial charge in [0, 0.05) is 22.3 Å². The summed E-state index contributed by atoms with van der Waals surface area (Å²) in [5.41, 5.74) is 7.64. The maximum atomic E-state index is 9.45. The zero-order chi connectivity index (χ0) is 30.9. The van der Waals surface area contributed by atoms with Gasteiger partial charge in [-0.15, -0.1) is 0 Å². The fraction of sp³-hybridized carbons (Fsp3) is 0. The van der Waals surface area contributed by atoms with Gasteiger partial charge in [0.2, 0.25) is 0 Å². The maximum absolute atomic E-state index is 9.45. The molecule has 4 nitrogen and oxygen atoms in total. The zero-order valence-corrected chi connectivity index (χ0v) is 24.8. The van der Waals surface area contributed by atoms with Crippen molar-refractivity contribution in [3.63, 3.8) is 0 Å². The first kappa shape index (κ1) is 27.1. The molecule has 0 saturated carbocycles. The van der Waals surface area contributed by atoms with Crippen LogP contribution in [0.4, 0.5) is 0 Å². The van der Waals surface area contributed by atoms with Crippen LogP contribution in [0.5, 0.6) is 0 Å². The molecule has 0 atom stereocenters. The molecule has 0 spiro atoms. The summed E-state index contributed by atoms with van der Waals surface area (Å²) in [5, 5.41) is 14.0. The van der Waals surface area contributed by atoms with Crippen molar-refractivity contribution in [3.8, 4) is 62.5 Å². The van der Waals surface area contributed by atoms with E-state index in [-0.39, 0.29) is 0 Å². The topological polar surface area (TPSA) is 62.5 Å². The molecule has 7 aromatic carbocycles. The van der Waals surface area contributed by atoms with E-state index in [0.29, 0.717) is 23.0 Å². The minimum atomic E-state index is 0.621. The first-order valence-corrected chi connectivity index (χ1v) is 15.2. The Hall–Kier alpha value is -6.44. The van der Waals surface area contributed by atoms with E-state index >= 15 is 0 Å². The summed E-state index contributed by atoms with van der Waals surface area (Å²) >= 11 is 0. The van der Waals surface area contributed by atoms with E-state index in [0.717, 1.165) is 55.1 Å². The summed E-state index contributed by atoms with van der Waals surface area (Å²) in [6.07, 6.45) is 0. The van der Waals surface area contributed by atoms with Crippen molar-refractivity contribution < 1.29 is 0 Å². The second-order valence-corrected chi connectivity index (χ2v) is 11.1. The van der Waals surface area contributed by atoms with Gasteiger partial charge in [-0.3, -0.25) is 0 Å². The molecule has 46 heavy (non-hydrogen) atoms. The first-order valence-electron chi connectivity index (χ1n) is 15.2. The number of hydrogen-bond donors (Lipinski definition) is 0. The highest BCUT2D eigenvalue weighted by molar-refractivity contribution is 6.21. The summed E-state index contributed by atoms with van der Waals surface area (Å²) in [6.45, 7) is 0. The largest absolute Gasteiger partial charge is 0.208 e. The Morgan fingerprint density at radius 3 is 1.37 bits per heavy atom. The summed E-state index contributed by atoms with van der Waals surface area (Å²) in [7, 11) is 0. The van der Waals surface area contributed by atoms with Crippen molar-refractivity contribution in [1.82, 2.24) is 15.0 Å². The van der Waals surface area contributed by atoms with Gasteiger partial charge in [0.1, 0.15) is 0 Å². The molecule has 0 radical (unpaired) electrons. The second-order valence-electron chi connectivity index (χ2n) is 11.1. The van der Waals surface area contributed by atoms with Gasteiger partial charge < -0.3 is 0 Å². The predicted octanol–water partition coefficient (Wildman–Crippen LogP) is 10.4. The van der Waals surface area contributed by atoms with Crippen LogP contribution in [-0.4, -0.2) is 15.0 Å². The smallest absolute Gasteiger partial charge is 0.165 e. The number of hydrogen-bond acceptors (Lipinski definition) is 4. The highest BCUT2D eigenvalue weighted by atomic mass is 15.0. The molecule has 4 heteroatoms. The van der Waals surface area contributed by atoms with E-state index in [2.05, 4.69) is 78.9 Å². The Morgan fingerprint density at radius 2 is 0.804 bits per heavy atom. The Bertz CT molecular complexity index is 2350. The third-order valence-corrected chi connectivity index (χ3v) is 8.35. The van der Waals surface area contributed by atoms with Crippen molar-refractivity contribution >= 4 is 21.5 Å². The van der Waals surface area contributed by atoms with Crippen molar-refractivity contribution in [2.45, 2.75) is 0 Å². The van der Waals surface area contributed by atoms with Crippen LogP contribution in [0, 0.1) is 11.3 Å². The van der Waals surface area contributed by atoms with Crippen LogP contribution < -0.4 is 0 Å². The molecule has 0 aliphatic rings. The van der Waals surface area contributed by atoms with Crippen LogP contribution in [0.3, 0.4) is 0 Å². The standard InChI is InChI=1S/C42H26N4/c43-27-28-12-11-17-33(26-28)29-22-24-30(25-23-29)38-36-20-9-7-18-34(36)35-19-8-10-21-37(35)39(38)42-45-40(31-13-3-1-4-14-31)44-41(46-42)32-15-5-2-6-16-32/h1-26H. The molecule has 0 fully saturated rings. The van der Waals surface area contributed by atoms with Gasteiger partial charge in [0.05, 0.1) is 11.6 Å². The van der Waals surface area contributed by atoms with Gasteiger partial charge in [0.15, 0.2) is 17.5 Å². The number of fused-ring (bicyclic) bond motifs is 3. The third-order valence-electron chi connectivity index (χ3n) is 8.35. The van der Waals surface area contributed by atoms with Gasteiger partial charge in [-0.2, -0.15) is 5.26 Å². The fourth-order valence-electron chi connectivity index (χ4n) is 6.19. The van der Waals surface area contributed by atoms with Crippen molar-refractivity contribution in [2.24, 2.45) is 0 Å². The van der Waals surface area contributed by atoms with Crippen molar-refractivity contribution in [3.05, 3.63) is 163 Å². The molecule has 8 rings (SSSR count). The molecule has 0 N–H and O–H groups in total. The summed E-state index contributed by atoms with van der Waals surface area (Å²) in [5.74, 6) is 1.87. The van der Waals surface area contributed by atoms with Crippen molar-refractivity contribution in [2.75, 3.05) is 0 Å². The van der Waals surface area contributed by atoms with Gasteiger partial charge in [-0.05, 0) is 50.4 Å². The lowest BCUT2D eigenvalue weighted by Gasteiger charge is -2.18. The first-order chi connectivity index (χ1) is 22.8. The maximum Gasteiger partial charge on any atom is 0.165 e. The van der Waals surface area contributed by atoms with Crippen LogP contribution in [0.25, 0.3) is 78.0 Å². The number of aromatic nitrogens is 3. The Morgan fingerprint density at radius 1 is 0.348 bits per heavy atom. The average Bonchev–Trinajstić information content (AvgIpc) is 3.15. The number of nitriles is 1. The molecule has 0 amide bonds. The lowest BCUT2D eigenvalue weighted by molar-refractivity contribution is 1.08. The molecular weight excluding hydrogens is 560 g/mol. The lowest BCUT2D eigenvalue weighted by atomic mass is 9.87. The SMILES string of the molecule is N#Cc1cccc(-c2ccc(-c3c(-c4nc(-c5ccccc5)nc(-c5ccccc5)n4)c4ccccc4c4ccccc34)cc2)c1. The molecule has 0 bridgehead atoms. The van der Waals surface area contributed by atoms with E-state index < -0.39 is 0 Å². The van der Waals surface area contributed by atoms with Crippen LogP contribution in [0.2, 0.25) is 0 Å². The predicted molar refractivity (Wildman–Crippen MR) is 187 cm³/mol. The molecule has 1 aromatic heterocycles. The second kappa shape index (κ2) is 11.6. The lowest BCUT2D eigenvalue weighted by Crippen LogP contribution is -2.02. The Labute approximate surface area is 266 Å². The normalized spacial score (nSPS) is 11.0. The molecule has 0 aliphatic heterocycles. The third kappa shape index (κ3) is 4.87. The van der Waals surface area contributed by atoms with Gasteiger partial charge in [-0.25, -0.2) is 15.0 Å². The van der Waals surface area contributed by atoms with E-state index in [1.165, 1.54) is 5.39 Å². The van der Waals surface area contributed by atoms with Crippen molar-refractivity contribution in [1.29, 1.82) is 5.26 Å². The minimum absolute atomic E-state index is 0.621. The summed E-state index contributed by atoms with van der Waals surface area (Å²) in [4.78, 5) is 15.3. The van der Waals surface area contributed by atoms with Gasteiger partial charge in [0.25, 0.3) is 0 Å². The molecule has 1 heterocycles. The number of nitrogens with zero attached hydrogens (tertiary/aromatic N) is 4. The monoisotopic (exact) mass is 586 g/mol. The van der Waals surface area contributed by atoms with Crippen LogP contribution in [-0.2, 0) is 0 Å². The average molecular weight is 587 g/mol. The van der Waals surface area contributed by atoms with Crippen LogP contribution >= 0.6 is 0 Å². The fourth-order valence-corrected chi connectivity index (χ4v) is 6.19. The van der Waals surface area contributed by atoms with E-state index in [4.69, 9.17) is 15.0 Å². The van der Waals surface area contributed by atoms with E-state index in [9.17, 15) is 5.26 Å². The summed E-state index contributed by atoms with van der Waals surface area (Å²) < 4.78 is 0. The van der Waals surface area contributed by atoms with Gasteiger partial charge in [-0.1, -0.05) is 146 Å². The molecule has 0 saturated heterocycles. The molecule has 0 unspecified atom stereocenters. The number of benzene rings is 7. The molecule has 0 aliphatic carbocycles. The zero-order valence-electron chi connectivity index (χ0n) is 24.8. The van der Waals surface area contributed by atoms with Crippen LogP contribution in [0.15, 0.2) is 158 Å². The summed E-state index contributed by atoms with van der Waals surface area (Å²) in [6, 6.07) is 55.7. The minimum Gasteiger partial charge on any atom is -0.208 e. The molecule has 214 valence electrons. The molecule has 8 aromatic rings. The molecular formula is C42H26N4. The highest BCUT2D eigenvalue weighted by Crippen LogP contribution is 2.44. The quantitative estimate of drug-likeness (QED) is 0.188. The Balaban J connectivity index is 1.43. The highest BCUT2D eigenvalue weighted by Gasteiger charge is 2.21. The van der Waals surface area contributed by atoms with Gasteiger partial charge >= 0.3 is 0 Å². The van der Waals surface area contributed by atoms with Crippen LogP contribution in [0.1, 0.15) is 5.56 Å². The number of rotatable bonds is 5. The van der Waals surface area contributed by atoms with E-state index in [1.807, 2.05) is 84.9 Å². The van der Waals surface area contributed by atoms with E-state index in [1.54, 1.807) is 0 Å². The Kier molecular flexibility index (Phi) is 6.83.